The highest BCUT2D eigenvalue weighted by molar-refractivity contribution is 5.94. The zero-order chi connectivity index (χ0) is 33.3. The van der Waals surface area contributed by atoms with E-state index >= 15 is 8.78 Å². The molecular weight excluding hydrogens is 560 g/mol. The summed E-state index contributed by atoms with van der Waals surface area (Å²) in [6.45, 7) is 12.5. The highest BCUT2D eigenvalue weighted by atomic mass is 19.3. The van der Waals surface area contributed by atoms with Crippen molar-refractivity contribution >= 4 is 11.6 Å². The number of likely N-dealkylation sites (tertiary alicyclic amines) is 1. The minimum Gasteiger partial charge on any atom is -0.388 e. The highest BCUT2D eigenvalue weighted by Crippen LogP contribution is 2.40. The van der Waals surface area contributed by atoms with E-state index in [0.717, 1.165) is 22.7 Å². The second-order valence-electron chi connectivity index (χ2n) is 10.9. The van der Waals surface area contributed by atoms with E-state index in [0.29, 0.717) is 30.6 Å². The van der Waals surface area contributed by atoms with Crippen molar-refractivity contribution in [2.75, 3.05) is 47.9 Å². The van der Waals surface area contributed by atoms with Crippen LogP contribution in [0.25, 0.3) is 0 Å². The van der Waals surface area contributed by atoms with E-state index in [1.165, 1.54) is 4.90 Å². The van der Waals surface area contributed by atoms with E-state index in [-0.39, 0.29) is 18.6 Å². The minimum atomic E-state index is -2.86. The van der Waals surface area contributed by atoms with Crippen molar-refractivity contribution in [2.45, 2.75) is 65.9 Å². The van der Waals surface area contributed by atoms with Crippen LogP contribution in [0.4, 0.5) is 8.78 Å². The Morgan fingerprint density at radius 3 is 2.39 bits per heavy atom. The average molecular weight is 614 g/mol. The third-order valence-electron chi connectivity index (χ3n) is 6.98. The van der Waals surface area contributed by atoms with Crippen LogP contribution < -0.4 is 10.6 Å². The molecule has 0 saturated carbocycles. The number of hydrogen-bond donors (Lipinski definition) is 2. The van der Waals surface area contributed by atoms with E-state index in [1.807, 2.05) is 85.2 Å². The lowest BCUT2D eigenvalue weighted by Crippen LogP contribution is -2.47. The van der Waals surface area contributed by atoms with Gasteiger partial charge in [0.1, 0.15) is 0 Å². The number of ether oxygens (including phenoxy) is 1. The number of allylic oxidation sites excluding steroid dienone is 5. The molecule has 2 unspecified atom stereocenters. The van der Waals surface area contributed by atoms with Crippen LogP contribution in [0.3, 0.4) is 0 Å². The molecule has 2 rings (SSSR count). The molecule has 244 valence electrons. The summed E-state index contributed by atoms with van der Waals surface area (Å²) in [5.41, 5.74) is 4.74. The maximum absolute atomic E-state index is 15.2. The Morgan fingerprint density at radius 1 is 1.16 bits per heavy atom. The maximum Gasteiger partial charge on any atom is 0.267 e. The lowest BCUT2D eigenvalue weighted by Gasteiger charge is -2.38. The van der Waals surface area contributed by atoms with Gasteiger partial charge in [-0.1, -0.05) is 37.6 Å². The number of halogens is 2. The molecule has 2 atom stereocenters. The molecule has 1 aliphatic heterocycles. The van der Waals surface area contributed by atoms with E-state index in [9.17, 15) is 4.79 Å². The lowest BCUT2D eigenvalue weighted by molar-refractivity contribution is -0.0805. The van der Waals surface area contributed by atoms with Gasteiger partial charge in [0.05, 0.1) is 18.6 Å². The SMILES string of the molecule is CC.CNC(/C=C\N=C(C)\C=C/N/C(C)=C/C=C(\C)CN1CCC(c2ccc(C(=O)N(C)C)cc2)C(F)(F)C1)=C/C(C)OC. The van der Waals surface area contributed by atoms with Crippen molar-refractivity contribution in [3.05, 3.63) is 95.1 Å². The van der Waals surface area contributed by atoms with Gasteiger partial charge in [-0.05, 0) is 82.7 Å². The quantitative estimate of drug-likeness (QED) is 0.187. The third-order valence-corrected chi connectivity index (χ3v) is 6.98. The molecule has 1 aromatic rings. The zero-order valence-corrected chi connectivity index (χ0v) is 28.2. The van der Waals surface area contributed by atoms with Crippen molar-refractivity contribution in [1.82, 2.24) is 20.4 Å². The van der Waals surface area contributed by atoms with E-state index in [1.54, 1.807) is 56.6 Å². The number of nitrogens with zero attached hydrogens (tertiary/aromatic N) is 3. The molecule has 44 heavy (non-hydrogen) atoms. The summed E-state index contributed by atoms with van der Waals surface area (Å²) in [5, 5.41) is 6.30. The number of likely N-dealkylation sites (N-methyl/N-ethyl adjacent to an activating group) is 1. The Kier molecular flexibility index (Phi) is 17.2. The van der Waals surface area contributed by atoms with Gasteiger partial charge in [0.2, 0.25) is 0 Å². The lowest BCUT2D eigenvalue weighted by atomic mass is 9.85. The first-order chi connectivity index (χ1) is 20.9. The molecule has 9 heteroatoms. The summed E-state index contributed by atoms with van der Waals surface area (Å²) in [6, 6.07) is 6.60. The van der Waals surface area contributed by atoms with Gasteiger partial charge in [-0.25, -0.2) is 8.78 Å². The number of methoxy groups -OCH3 is 1. The van der Waals surface area contributed by atoms with Gasteiger partial charge >= 0.3 is 0 Å². The van der Waals surface area contributed by atoms with Gasteiger partial charge in [-0.15, -0.1) is 0 Å². The van der Waals surface area contributed by atoms with Crippen LogP contribution >= 0.6 is 0 Å². The predicted molar refractivity (Wildman–Crippen MR) is 180 cm³/mol. The van der Waals surface area contributed by atoms with E-state index in [4.69, 9.17) is 4.74 Å². The van der Waals surface area contributed by atoms with Gasteiger partial charge < -0.3 is 20.3 Å². The van der Waals surface area contributed by atoms with Gasteiger partial charge in [0.15, 0.2) is 0 Å². The van der Waals surface area contributed by atoms with Crippen molar-refractivity contribution in [3.63, 3.8) is 0 Å². The van der Waals surface area contributed by atoms with Gasteiger partial charge in [0, 0.05) is 69.9 Å². The molecule has 2 N–H and O–H groups in total. The summed E-state index contributed by atoms with van der Waals surface area (Å²) in [5.74, 6) is -3.85. The molecular formula is C35H53F2N5O2. The number of rotatable bonds is 13. The van der Waals surface area contributed by atoms with Crippen LogP contribution in [0.2, 0.25) is 0 Å². The molecule has 0 aliphatic carbocycles. The number of nitrogens with one attached hydrogen (secondary N) is 2. The number of hydrogen-bond acceptors (Lipinski definition) is 6. The average Bonchev–Trinajstić information content (AvgIpc) is 2.99. The molecule has 1 aliphatic rings. The first-order valence-electron chi connectivity index (χ1n) is 15.2. The number of alkyl halides is 2. The van der Waals surface area contributed by atoms with Crippen LogP contribution in [0.5, 0.6) is 0 Å². The van der Waals surface area contributed by atoms with Gasteiger partial charge in [-0.3, -0.25) is 14.7 Å². The van der Waals surface area contributed by atoms with Crippen LogP contribution in [-0.2, 0) is 4.74 Å². The number of piperidine rings is 1. The Balaban J connectivity index is 0.00000474. The van der Waals surface area contributed by atoms with E-state index in [2.05, 4.69) is 15.6 Å². The fourth-order valence-electron chi connectivity index (χ4n) is 4.51. The topological polar surface area (TPSA) is 69.2 Å². The van der Waals surface area contributed by atoms with Crippen LogP contribution in [0.1, 0.15) is 69.8 Å². The number of aliphatic imine (C=N–C) groups is 1. The summed E-state index contributed by atoms with van der Waals surface area (Å²) in [7, 11) is 6.85. The summed E-state index contributed by atoms with van der Waals surface area (Å²) < 4.78 is 35.6. The minimum absolute atomic E-state index is 0.00324. The van der Waals surface area contributed by atoms with Gasteiger partial charge in [0.25, 0.3) is 11.8 Å². The Morgan fingerprint density at radius 2 is 1.82 bits per heavy atom. The molecule has 1 amide bonds. The summed E-state index contributed by atoms with van der Waals surface area (Å²) in [6.07, 6.45) is 13.5. The number of carbonyl (C=O) groups is 1. The Labute approximate surface area is 264 Å². The van der Waals surface area contributed by atoms with Crippen molar-refractivity contribution in [2.24, 2.45) is 4.99 Å². The van der Waals surface area contributed by atoms with Crippen LogP contribution in [-0.4, -0.2) is 81.3 Å². The van der Waals surface area contributed by atoms with Crippen LogP contribution in [0.15, 0.2) is 89.0 Å². The smallest absolute Gasteiger partial charge is 0.267 e. The molecule has 7 nitrogen and oxygen atoms in total. The monoisotopic (exact) mass is 613 g/mol. The first-order valence-corrected chi connectivity index (χ1v) is 15.2. The molecule has 1 heterocycles. The van der Waals surface area contributed by atoms with E-state index < -0.39 is 11.8 Å². The molecule has 0 bridgehead atoms. The molecule has 1 saturated heterocycles. The highest BCUT2D eigenvalue weighted by Gasteiger charge is 2.45. The molecule has 1 fully saturated rings. The second-order valence-corrected chi connectivity index (χ2v) is 10.9. The summed E-state index contributed by atoms with van der Waals surface area (Å²) >= 11 is 0. The standard InChI is InChI=1S/C33H47F2N5O2.C2H6/c1-24(9-10-25(2)37-18-15-26(3)38-19-16-30(36-5)21-27(4)42-8)22-40-20-17-31(33(34,35)23-40)28-11-13-29(14-12-28)32(41)39(6)7;1-2/h9-16,18-19,21,27,31,36-37H,17,20,22-23H2,1-8H3;1-2H3/b18-15-,19-16-,24-9+,25-10+,30-21+,38-26+;. The Hall–Kier alpha value is -3.56. The van der Waals surface area contributed by atoms with Gasteiger partial charge in [-0.2, -0.15) is 0 Å². The molecule has 0 spiro atoms. The number of carbonyl (C=O) groups excluding carboxylic acids is 1. The largest absolute Gasteiger partial charge is 0.388 e. The normalized spacial score (nSPS) is 19.0. The maximum atomic E-state index is 15.2. The molecule has 0 aromatic heterocycles. The van der Waals surface area contributed by atoms with Crippen molar-refractivity contribution in [1.29, 1.82) is 0 Å². The fraction of sp³-hybridized carbons (Fsp3) is 0.486. The van der Waals surface area contributed by atoms with Crippen molar-refractivity contribution in [3.8, 4) is 0 Å². The van der Waals surface area contributed by atoms with Crippen molar-refractivity contribution < 1.29 is 18.3 Å². The Bertz CT molecular complexity index is 1210. The fourth-order valence-corrected chi connectivity index (χ4v) is 4.51. The predicted octanol–water partition coefficient (Wildman–Crippen LogP) is 6.91. The first kappa shape index (κ1) is 38.5. The number of amides is 1. The molecule has 1 aromatic carbocycles. The second kappa shape index (κ2) is 19.7. The molecule has 0 radical (unpaired) electrons. The van der Waals surface area contributed by atoms with Crippen LogP contribution in [0, 0.1) is 0 Å². The third kappa shape index (κ3) is 13.4. The number of benzene rings is 1. The zero-order valence-electron chi connectivity index (χ0n) is 28.2. The summed E-state index contributed by atoms with van der Waals surface area (Å²) in [4.78, 5) is 19.8.